The lowest BCUT2D eigenvalue weighted by Gasteiger charge is -2.21. The molecule has 1 aliphatic carbocycles. The monoisotopic (exact) mass is 330 g/mol. The predicted octanol–water partition coefficient (Wildman–Crippen LogP) is 3.26. The summed E-state index contributed by atoms with van der Waals surface area (Å²) < 4.78 is 2.09. The molecule has 0 radical (unpaired) electrons. The SMILES string of the molecule is Cc1ccn2c3c(nc2c1)CCC(C(=O)Nc1ccccc1C#N)C3. The van der Waals surface area contributed by atoms with E-state index in [0.717, 1.165) is 29.9 Å². The van der Waals surface area contributed by atoms with E-state index in [1.807, 2.05) is 12.3 Å². The van der Waals surface area contributed by atoms with Gasteiger partial charge in [0.05, 0.1) is 16.9 Å². The van der Waals surface area contributed by atoms with Crippen LogP contribution in [0.1, 0.15) is 28.9 Å². The number of pyridine rings is 1. The molecule has 5 nitrogen and oxygen atoms in total. The van der Waals surface area contributed by atoms with Crippen LogP contribution in [0.5, 0.6) is 0 Å². The van der Waals surface area contributed by atoms with Crippen molar-refractivity contribution in [1.82, 2.24) is 9.38 Å². The number of aryl methyl sites for hydroxylation is 2. The Morgan fingerprint density at radius 3 is 3.04 bits per heavy atom. The number of nitriles is 1. The largest absolute Gasteiger partial charge is 0.325 e. The molecule has 5 heteroatoms. The first-order valence-corrected chi connectivity index (χ1v) is 8.42. The Kier molecular flexibility index (Phi) is 3.73. The average molecular weight is 330 g/mol. The number of fused-ring (bicyclic) bond motifs is 3. The number of nitrogens with zero attached hydrogens (tertiary/aromatic N) is 3. The van der Waals surface area contributed by atoms with Crippen molar-refractivity contribution < 1.29 is 4.79 Å². The molecular formula is C20H18N4O. The van der Waals surface area contributed by atoms with Gasteiger partial charge in [-0.3, -0.25) is 4.79 Å². The number of aromatic nitrogens is 2. The summed E-state index contributed by atoms with van der Waals surface area (Å²) in [7, 11) is 0. The van der Waals surface area contributed by atoms with Crippen LogP contribution in [0.2, 0.25) is 0 Å². The van der Waals surface area contributed by atoms with Gasteiger partial charge < -0.3 is 9.72 Å². The maximum absolute atomic E-state index is 12.7. The van der Waals surface area contributed by atoms with Crippen LogP contribution < -0.4 is 5.32 Å². The molecule has 1 unspecified atom stereocenters. The minimum absolute atomic E-state index is 0.0320. The van der Waals surface area contributed by atoms with Crippen LogP contribution in [0.3, 0.4) is 0 Å². The molecule has 1 atom stereocenters. The molecule has 0 spiro atoms. The Morgan fingerprint density at radius 2 is 2.20 bits per heavy atom. The van der Waals surface area contributed by atoms with Crippen LogP contribution in [0.15, 0.2) is 42.6 Å². The number of anilines is 1. The van der Waals surface area contributed by atoms with Gasteiger partial charge in [0.1, 0.15) is 11.7 Å². The molecule has 0 fully saturated rings. The molecule has 2 heterocycles. The summed E-state index contributed by atoms with van der Waals surface area (Å²) in [5.41, 5.74) is 5.40. The van der Waals surface area contributed by atoms with E-state index in [2.05, 4.69) is 34.8 Å². The Labute approximate surface area is 145 Å². The third-order valence-electron chi connectivity index (χ3n) is 4.81. The number of imidazole rings is 1. The number of carbonyl (C=O) groups excluding carboxylic acids is 1. The molecule has 0 saturated carbocycles. The highest BCUT2D eigenvalue weighted by Crippen LogP contribution is 2.28. The fourth-order valence-corrected chi connectivity index (χ4v) is 3.46. The van der Waals surface area contributed by atoms with E-state index in [0.29, 0.717) is 17.7 Å². The first-order valence-electron chi connectivity index (χ1n) is 8.42. The van der Waals surface area contributed by atoms with Crippen LogP contribution in [0, 0.1) is 24.2 Å². The van der Waals surface area contributed by atoms with Crippen molar-refractivity contribution in [2.24, 2.45) is 5.92 Å². The minimum atomic E-state index is -0.111. The van der Waals surface area contributed by atoms with Crippen LogP contribution >= 0.6 is 0 Å². The quantitative estimate of drug-likeness (QED) is 0.784. The van der Waals surface area contributed by atoms with Gasteiger partial charge in [-0.25, -0.2) is 4.98 Å². The number of carbonyl (C=O) groups is 1. The van der Waals surface area contributed by atoms with Crippen molar-refractivity contribution in [2.45, 2.75) is 26.2 Å². The molecule has 0 bridgehead atoms. The summed E-state index contributed by atoms with van der Waals surface area (Å²) in [5.74, 6) is -0.143. The Hall–Kier alpha value is -3.13. The van der Waals surface area contributed by atoms with Gasteiger partial charge in [0.15, 0.2) is 0 Å². The number of hydrogen-bond acceptors (Lipinski definition) is 3. The third-order valence-corrected chi connectivity index (χ3v) is 4.81. The first kappa shape index (κ1) is 15.4. The van der Waals surface area contributed by atoms with Gasteiger partial charge in [-0.15, -0.1) is 0 Å². The lowest BCUT2D eigenvalue weighted by molar-refractivity contribution is -0.120. The number of nitrogens with one attached hydrogen (secondary N) is 1. The molecule has 1 aromatic carbocycles. The Balaban J connectivity index is 1.59. The van der Waals surface area contributed by atoms with E-state index in [4.69, 9.17) is 4.98 Å². The van der Waals surface area contributed by atoms with Gasteiger partial charge in [-0.1, -0.05) is 12.1 Å². The van der Waals surface area contributed by atoms with E-state index in [1.165, 1.54) is 5.56 Å². The second kappa shape index (κ2) is 6.06. The van der Waals surface area contributed by atoms with Crippen molar-refractivity contribution in [3.8, 4) is 6.07 Å². The van der Waals surface area contributed by atoms with Gasteiger partial charge >= 0.3 is 0 Å². The Morgan fingerprint density at radius 1 is 1.36 bits per heavy atom. The summed E-state index contributed by atoms with van der Waals surface area (Å²) >= 11 is 0. The zero-order valence-corrected chi connectivity index (χ0v) is 14.0. The van der Waals surface area contributed by atoms with E-state index in [1.54, 1.807) is 18.2 Å². The average Bonchev–Trinajstić information content (AvgIpc) is 2.98. The topological polar surface area (TPSA) is 70.2 Å². The third kappa shape index (κ3) is 2.76. The normalized spacial score (nSPS) is 16.2. The van der Waals surface area contributed by atoms with Crippen molar-refractivity contribution in [1.29, 1.82) is 5.26 Å². The van der Waals surface area contributed by atoms with Crippen molar-refractivity contribution in [3.05, 3.63) is 65.1 Å². The summed E-state index contributed by atoms with van der Waals surface area (Å²) in [4.78, 5) is 17.4. The fourth-order valence-electron chi connectivity index (χ4n) is 3.46. The molecule has 25 heavy (non-hydrogen) atoms. The van der Waals surface area contributed by atoms with E-state index >= 15 is 0 Å². The number of benzene rings is 1. The van der Waals surface area contributed by atoms with Crippen LogP contribution in [-0.2, 0) is 17.6 Å². The van der Waals surface area contributed by atoms with Gasteiger partial charge in [0.25, 0.3) is 0 Å². The molecular weight excluding hydrogens is 312 g/mol. The summed E-state index contributed by atoms with van der Waals surface area (Å²) in [6, 6.07) is 13.3. The Bertz CT molecular complexity index is 1010. The zero-order chi connectivity index (χ0) is 17.4. The highest BCUT2D eigenvalue weighted by Gasteiger charge is 2.28. The van der Waals surface area contributed by atoms with Gasteiger partial charge in [-0.2, -0.15) is 5.26 Å². The van der Waals surface area contributed by atoms with Gasteiger partial charge in [0.2, 0.25) is 5.91 Å². The van der Waals surface area contributed by atoms with Crippen LogP contribution in [0.4, 0.5) is 5.69 Å². The fraction of sp³-hybridized carbons (Fsp3) is 0.250. The van der Waals surface area contributed by atoms with Crippen molar-refractivity contribution in [3.63, 3.8) is 0 Å². The molecule has 1 aliphatic rings. The maximum Gasteiger partial charge on any atom is 0.227 e. The van der Waals surface area contributed by atoms with E-state index in [-0.39, 0.29) is 11.8 Å². The molecule has 124 valence electrons. The van der Waals surface area contributed by atoms with E-state index in [9.17, 15) is 10.1 Å². The second-order valence-electron chi connectivity index (χ2n) is 6.52. The molecule has 2 aromatic heterocycles. The van der Waals surface area contributed by atoms with Crippen molar-refractivity contribution in [2.75, 3.05) is 5.32 Å². The van der Waals surface area contributed by atoms with Crippen LogP contribution in [-0.4, -0.2) is 15.3 Å². The lowest BCUT2D eigenvalue weighted by atomic mass is 9.89. The zero-order valence-electron chi connectivity index (χ0n) is 14.0. The molecule has 0 aliphatic heterocycles. The van der Waals surface area contributed by atoms with Gasteiger partial charge in [0, 0.05) is 24.2 Å². The molecule has 4 rings (SSSR count). The number of rotatable bonds is 2. The summed E-state index contributed by atoms with van der Waals surface area (Å²) in [6.45, 7) is 2.05. The summed E-state index contributed by atoms with van der Waals surface area (Å²) in [6.07, 6.45) is 4.27. The molecule has 0 saturated heterocycles. The standard InChI is InChI=1S/C20H18N4O/c1-13-8-9-24-18-11-14(6-7-17(18)22-19(24)10-13)20(25)23-16-5-3-2-4-15(16)12-21/h2-5,8-10,14H,6-7,11H2,1H3,(H,23,25). The second-order valence-corrected chi connectivity index (χ2v) is 6.52. The number of para-hydroxylation sites is 1. The van der Waals surface area contributed by atoms with Crippen LogP contribution in [0.25, 0.3) is 5.65 Å². The number of hydrogen-bond donors (Lipinski definition) is 1. The molecule has 1 N–H and O–H groups in total. The smallest absolute Gasteiger partial charge is 0.227 e. The van der Waals surface area contributed by atoms with Gasteiger partial charge in [-0.05, 0) is 49.6 Å². The minimum Gasteiger partial charge on any atom is -0.325 e. The van der Waals surface area contributed by atoms with Crippen molar-refractivity contribution >= 4 is 17.2 Å². The first-order chi connectivity index (χ1) is 12.2. The highest BCUT2D eigenvalue weighted by atomic mass is 16.1. The number of amides is 1. The highest BCUT2D eigenvalue weighted by molar-refractivity contribution is 5.94. The lowest BCUT2D eigenvalue weighted by Crippen LogP contribution is -2.28. The maximum atomic E-state index is 12.7. The molecule has 3 aromatic rings. The van der Waals surface area contributed by atoms with E-state index < -0.39 is 0 Å². The molecule has 1 amide bonds. The summed E-state index contributed by atoms with van der Waals surface area (Å²) in [5, 5.41) is 12.1. The predicted molar refractivity (Wildman–Crippen MR) is 95.2 cm³/mol.